The number of hydrogen-bond donors (Lipinski definition) is 1. The summed E-state index contributed by atoms with van der Waals surface area (Å²) in [5.74, 6) is -0.402. The van der Waals surface area contributed by atoms with E-state index in [1.165, 1.54) is 7.11 Å². The molecule has 0 aliphatic rings. The SMILES string of the molecule is COC(=O)[C@@H](N)Cc1cncn1C.Cl. The summed E-state index contributed by atoms with van der Waals surface area (Å²) < 4.78 is 6.33. The van der Waals surface area contributed by atoms with Crippen LogP contribution in [0.3, 0.4) is 0 Å². The van der Waals surface area contributed by atoms with Gasteiger partial charge in [0, 0.05) is 25.4 Å². The van der Waals surface area contributed by atoms with Crippen LogP contribution in [-0.2, 0) is 23.0 Å². The first-order chi connectivity index (χ1) is 6.15. The normalized spacial score (nSPS) is 11.6. The highest BCUT2D eigenvalue weighted by atomic mass is 35.5. The van der Waals surface area contributed by atoms with E-state index in [0.29, 0.717) is 6.42 Å². The van der Waals surface area contributed by atoms with E-state index in [2.05, 4.69) is 9.72 Å². The number of aryl methyl sites for hydroxylation is 1. The Morgan fingerprint density at radius 2 is 2.43 bits per heavy atom. The molecule has 80 valence electrons. The lowest BCUT2D eigenvalue weighted by atomic mass is 10.2. The summed E-state index contributed by atoms with van der Waals surface area (Å²) in [5.41, 5.74) is 6.49. The zero-order valence-electron chi connectivity index (χ0n) is 8.14. The number of aromatic nitrogens is 2. The number of hydrogen-bond acceptors (Lipinski definition) is 4. The van der Waals surface area contributed by atoms with Gasteiger partial charge in [-0.3, -0.25) is 4.79 Å². The smallest absolute Gasteiger partial charge is 0.323 e. The van der Waals surface area contributed by atoms with Gasteiger partial charge in [-0.05, 0) is 0 Å². The monoisotopic (exact) mass is 219 g/mol. The predicted molar refractivity (Wildman–Crippen MR) is 54.2 cm³/mol. The lowest BCUT2D eigenvalue weighted by Crippen LogP contribution is -2.34. The molecule has 1 atom stereocenters. The number of halogens is 1. The van der Waals surface area contributed by atoms with Crippen LogP contribution in [0, 0.1) is 0 Å². The summed E-state index contributed by atoms with van der Waals surface area (Å²) >= 11 is 0. The number of nitrogens with two attached hydrogens (primary N) is 1. The van der Waals surface area contributed by atoms with E-state index >= 15 is 0 Å². The van der Waals surface area contributed by atoms with Crippen molar-refractivity contribution in [2.75, 3.05) is 7.11 Å². The second kappa shape index (κ2) is 5.62. The minimum Gasteiger partial charge on any atom is -0.468 e. The fourth-order valence-corrected chi connectivity index (χ4v) is 1.04. The van der Waals surface area contributed by atoms with Crippen LogP contribution in [-0.4, -0.2) is 28.7 Å². The molecule has 1 aromatic rings. The quantitative estimate of drug-likeness (QED) is 0.720. The molecule has 1 heterocycles. The van der Waals surface area contributed by atoms with Gasteiger partial charge < -0.3 is 15.0 Å². The van der Waals surface area contributed by atoms with Gasteiger partial charge in [-0.15, -0.1) is 12.4 Å². The third-order valence-electron chi connectivity index (χ3n) is 1.85. The number of esters is 1. The van der Waals surface area contributed by atoms with E-state index in [-0.39, 0.29) is 12.4 Å². The second-order valence-corrected chi connectivity index (χ2v) is 2.83. The van der Waals surface area contributed by atoms with Crippen molar-refractivity contribution in [3.8, 4) is 0 Å². The highest BCUT2D eigenvalue weighted by Crippen LogP contribution is 2.00. The number of ether oxygens (including phenoxy) is 1. The summed E-state index contributed by atoms with van der Waals surface area (Å²) in [6.07, 6.45) is 3.80. The molecule has 0 spiro atoms. The van der Waals surface area contributed by atoms with Crippen molar-refractivity contribution in [1.82, 2.24) is 9.55 Å². The topological polar surface area (TPSA) is 70.1 Å². The van der Waals surface area contributed by atoms with E-state index in [1.807, 2.05) is 11.6 Å². The lowest BCUT2D eigenvalue weighted by molar-refractivity contribution is -0.142. The van der Waals surface area contributed by atoms with Gasteiger partial charge in [0.15, 0.2) is 0 Å². The van der Waals surface area contributed by atoms with Crippen LogP contribution in [0.15, 0.2) is 12.5 Å². The number of imidazole rings is 1. The predicted octanol–water partition coefficient (Wildman–Crippen LogP) is -0.115. The van der Waals surface area contributed by atoms with E-state index < -0.39 is 12.0 Å². The first kappa shape index (κ1) is 12.9. The second-order valence-electron chi connectivity index (χ2n) is 2.83. The van der Waals surface area contributed by atoms with Gasteiger partial charge in [0.2, 0.25) is 0 Å². The van der Waals surface area contributed by atoms with Crippen LogP contribution in [0.25, 0.3) is 0 Å². The molecule has 0 aromatic carbocycles. The summed E-state index contributed by atoms with van der Waals surface area (Å²) in [5, 5.41) is 0. The Morgan fingerprint density at radius 1 is 1.79 bits per heavy atom. The molecule has 0 aliphatic heterocycles. The van der Waals surface area contributed by atoms with E-state index in [0.717, 1.165) is 5.69 Å². The molecule has 0 amide bonds. The van der Waals surface area contributed by atoms with Gasteiger partial charge in [-0.1, -0.05) is 0 Å². The maximum atomic E-state index is 11.0. The third-order valence-corrected chi connectivity index (χ3v) is 1.85. The molecule has 0 saturated carbocycles. The summed E-state index contributed by atoms with van der Waals surface area (Å²) in [4.78, 5) is 14.9. The Hall–Kier alpha value is -1.07. The first-order valence-electron chi connectivity index (χ1n) is 3.93. The van der Waals surface area contributed by atoms with E-state index in [9.17, 15) is 4.79 Å². The molecule has 2 N–H and O–H groups in total. The molecule has 5 nitrogen and oxygen atoms in total. The van der Waals surface area contributed by atoms with Crippen LogP contribution in [0.5, 0.6) is 0 Å². The fourth-order valence-electron chi connectivity index (χ4n) is 1.04. The molecule has 0 aliphatic carbocycles. The van der Waals surface area contributed by atoms with Crippen molar-refractivity contribution in [3.05, 3.63) is 18.2 Å². The average Bonchev–Trinajstić information content (AvgIpc) is 2.50. The van der Waals surface area contributed by atoms with E-state index in [1.54, 1.807) is 12.5 Å². The van der Waals surface area contributed by atoms with Gasteiger partial charge in [0.1, 0.15) is 6.04 Å². The fraction of sp³-hybridized carbons (Fsp3) is 0.500. The maximum absolute atomic E-state index is 11.0. The van der Waals surface area contributed by atoms with Crippen molar-refractivity contribution < 1.29 is 9.53 Å². The van der Waals surface area contributed by atoms with Gasteiger partial charge in [0.25, 0.3) is 0 Å². The van der Waals surface area contributed by atoms with Crippen LogP contribution in [0.1, 0.15) is 5.69 Å². The van der Waals surface area contributed by atoms with Crippen LogP contribution >= 0.6 is 12.4 Å². The molecule has 0 radical (unpaired) electrons. The highest BCUT2D eigenvalue weighted by Gasteiger charge is 2.15. The Balaban J connectivity index is 0.00000169. The minimum atomic E-state index is -0.611. The van der Waals surface area contributed by atoms with Gasteiger partial charge >= 0.3 is 5.97 Å². The van der Waals surface area contributed by atoms with Gasteiger partial charge in [-0.2, -0.15) is 0 Å². The highest BCUT2D eigenvalue weighted by molar-refractivity contribution is 5.85. The van der Waals surface area contributed by atoms with Crippen molar-refractivity contribution >= 4 is 18.4 Å². The number of methoxy groups -OCH3 is 1. The molecule has 0 bridgehead atoms. The van der Waals surface area contributed by atoms with Crippen molar-refractivity contribution in [2.45, 2.75) is 12.5 Å². The molecule has 14 heavy (non-hydrogen) atoms. The zero-order chi connectivity index (χ0) is 9.84. The van der Waals surface area contributed by atoms with E-state index in [4.69, 9.17) is 5.73 Å². The van der Waals surface area contributed by atoms with Gasteiger partial charge in [-0.25, -0.2) is 4.98 Å². The first-order valence-corrected chi connectivity index (χ1v) is 3.93. The average molecular weight is 220 g/mol. The zero-order valence-corrected chi connectivity index (χ0v) is 8.95. The third kappa shape index (κ3) is 3.01. The molecule has 1 aromatic heterocycles. The maximum Gasteiger partial charge on any atom is 0.323 e. The number of carbonyl (C=O) groups is 1. The lowest BCUT2D eigenvalue weighted by Gasteiger charge is -2.08. The number of carbonyl (C=O) groups excluding carboxylic acids is 1. The Morgan fingerprint density at radius 3 is 2.86 bits per heavy atom. The molecule has 6 heteroatoms. The van der Waals surface area contributed by atoms with Crippen molar-refractivity contribution in [1.29, 1.82) is 0 Å². The Kier molecular flexibility index (Phi) is 5.19. The molecule has 1 rings (SSSR count). The Bertz CT molecular complexity index is 301. The standard InChI is InChI=1S/C8H13N3O2.ClH/c1-11-5-10-4-6(11)3-7(9)8(12)13-2;/h4-5,7H,3,9H2,1-2H3;1H/t7-;/m0./s1. The van der Waals surface area contributed by atoms with Crippen molar-refractivity contribution in [3.63, 3.8) is 0 Å². The largest absolute Gasteiger partial charge is 0.468 e. The Labute approximate surface area is 88.7 Å². The van der Waals surface area contributed by atoms with Gasteiger partial charge in [0.05, 0.1) is 13.4 Å². The number of rotatable bonds is 3. The number of nitrogens with zero attached hydrogens (tertiary/aromatic N) is 2. The van der Waals surface area contributed by atoms with Crippen molar-refractivity contribution in [2.24, 2.45) is 12.8 Å². The molecule has 0 fully saturated rings. The summed E-state index contributed by atoms with van der Waals surface area (Å²) in [7, 11) is 3.18. The molecular weight excluding hydrogens is 206 g/mol. The van der Waals surface area contributed by atoms with Crippen LogP contribution in [0.4, 0.5) is 0 Å². The molecule has 0 saturated heterocycles. The summed E-state index contributed by atoms with van der Waals surface area (Å²) in [6.45, 7) is 0. The van der Waals surface area contributed by atoms with Crippen LogP contribution < -0.4 is 5.73 Å². The molecule has 0 unspecified atom stereocenters. The molecular formula is C8H14ClN3O2. The summed E-state index contributed by atoms with van der Waals surface area (Å²) in [6, 6.07) is -0.611. The van der Waals surface area contributed by atoms with Crippen LogP contribution in [0.2, 0.25) is 0 Å². The minimum absolute atomic E-state index is 0.